The molecule has 13 heavy (non-hydrogen) atoms. The van der Waals surface area contributed by atoms with Gasteiger partial charge in [-0.2, -0.15) is 0 Å². The summed E-state index contributed by atoms with van der Waals surface area (Å²) in [6, 6.07) is 0. The number of hydrogen-bond acceptors (Lipinski definition) is 3. The summed E-state index contributed by atoms with van der Waals surface area (Å²) >= 11 is 0. The maximum Gasteiger partial charge on any atom is 1.00 e. The summed E-state index contributed by atoms with van der Waals surface area (Å²) in [5, 5.41) is 18.6. The van der Waals surface area contributed by atoms with Crippen molar-refractivity contribution < 1.29 is 57.7 Å². The Morgan fingerprint density at radius 2 is 1.62 bits per heavy atom. The van der Waals surface area contributed by atoms with Crippen LogP contribution in [0.15, 0.2) is 0 Å². The predicted molar refractivity (Wildman–Crippen MR) is 31.4 cm³/mol. The van der Waals surface area contributed by atoms with Crippen LogP contribution in [-0.2, 0) is 4.79 Å². The standard InChI is InChI=1S/C6H9F3O3.Na/c7-1-6(2-8,3-9)4(10)5(11)12;/h4,10H,1-3H2,(H,11,12);/q;+1/p-1. The largest absolute Gasteiger partial charge is 1.00 e. The summed E-state index contributed by atoms with van der Waals surface area (Å²) < 4.78 is 36.0. The maximum atomic E-state index is 12.0. The summed E-state index contributed by atoms with van der Waals surface area (Å²) in [5.74, 6) is -2.08. The van der Waals surface area contributed by atoms with Gasteiger partial charge in [-0.3, -0.25) is 13.2 Å². The quantitative estimate of drug-likeness (QED) is 0.468. The Hall–Kier alpha value is 0.220. The van der Waals surface area contributed by atoms with E-state index in [4.69, 9.17) is 5.11 Å². The van der Waals surface area contributed by atoms with Gasteiger partial charge in [0.1, 0.15) is 26.1 Å². The van der Waals surface area contributed by atoms with Gasteiger partial charge in [0.15, 0.2) is 0 Å². The van der Waals surface area contributed by atoms with E-state index in [1.807, 2.05) is 0 Å². The smallest absolute Gasteiger partial charge is 0.547 e. The molecular weight excluding hydrogens is 200 g/mol. The molecule has 0 aliphatic carbocycles. The van der Waals surface area contributed by atoms with E-state index in [0.29, 0.717) is 0 Å². The topological polar surface area (TPSA) is 60.4 Å². The number of hydrogen-bond donors (Lipinski definition) is 1. The minimum atomic E-state index is -2.50. The van der Waals surface area contributed by atoms with Gasteiger partial charge in [0.05, 0.1) is 11.4 Å². The molecule has 0 saturated heterocycles. The van der Waals surface area contributed by atoms with Crippen molar-refractivity contribution >= 4 is 5.97 Å². The van der Waals surface area contributed by atoms with Crippen LogP contribution in [0.4, 0.5) is 13.2 Å². The molecule has 0 rings (SSSR count). The van der Waals surface area contributed by atoms with Crippen molar-refractivity contribution in [2.24, 2.45) is 5.41 Å². The van der Waals surface area contributed by atoms with Crippen LogP contribution in [0.3, 0.4) is 0 Å². The Balaban J connectivity index is 0. The first-order valence-electron chi connectivity index (χ1n) is 3.11. The van der Waals surface area contributed by atoms with Crippen molar-refractivity contribution in [1.29, 1.82) is 0 Å². The number of carboxylic acids is 1. The van der Waals surface area contributed by atoms with E-state index in [-0.39, 0.29) is 29.6 Å². The number of carbonyl (C=O) groups excluding carboxylic acids is 1. The van der Waals surface area contributed by atoms with Gasteiger partial charge < -0.3 is 15.0 Å². The zero-order chi connectivity index (χ0) is 9.78. The van der Waals surface area contributed by atoms with Gasteiger partial charge in [0, 0.05) is 0 Å². The average Bonchev–Trinajstić information content (AvgIpc) is 2.08. The average molecular weight is 208 g/mol. The van der Waals surface area contributed by atoms with Crippen molar-refractivity contribution in [3.63, 3.8) is 0 Å². The van der Waals surface area contributed by atoms with Gasteiger partial charge in [-0.1, -0.05) is 0 Å². The van der Waals surface area contributed by atoms with Gasteiger partial charge in [0.2, 0.25) is 0 Å². The Labute approximate surface area is 95.2 Å². The molecule has 0 aromatic heterocycles. The van der Waals surface area contributed by atoms with E-state index in [1.54, 1.807) is 0 Å². The van der Waals surface area contributed by atoms with E-state index >= 15 is 0 Å². The van der Waals surface area contributed by atoms with Crippen LogP contribution in [-0.4, -0.2) is 37.2 Å². The summed E-state index contributed by atoms with van der Waals surface area (Å²) in [6.07, 6.45) is -2.46. The monoisotopic (exact) mass is 208 g/mol. The molecule has 72 valence electrons. The second-order valence-electron chi connectivity index (χ2n) is 2.48. The van der Waals surface area contributed by atoms with Crippen LogP contribution < -0.4 is 34.7 Å². The van der Waals surface area contributed by atoms with E-state index < -0.39 is 37.5 Å². The molecule has 3 nitrogen and oxygen atoms in total. The van der Waals surface area contributed by atoms with Crippen molar-refractivity contribution in [3.05, 3.63) is 0 Å². The predicted octanol–water partition coefficient (Wildman–Crippen LogP) is -4.00. The molecule has 0 saturated carbocycles. The second-order valence-corrected chi connectivity index (χ2v) is 2.48. The third kappa shape index (κ3) is 3.46. The fourth-order valence-electron chi connectivity index (χ4n) is 0.576. The molecule has 1 unspecified atom stereocenters. The molecule has 0 aliphatic heterocycles. The normalized spacial score (nSPS) is 13.2. The molecule has 0 amide bonds. The van der Waals surface area contributed by atoms with E-state index in [1.165, 1.54) is 0 Å². The molecule has 1 atom stereocenters. The van der Waals surface area contributed by atoms with E-state index in [9.17, 15) is 23.1 Å². The van der Waals surface area contributed by atoms with Crippen LogP contribution in [0.25, 0.3) is 0 Å². The maximum absolute atomic E-state index is 12.0. The van der Waals surface area contributed by atoms with Crippen LogP contribution in [0, 0.1) is 5.41 Å². The van der Waals surface area contributed by atoms with Crippen LogP contribution in [0.5, 0.6) is 0 Å². The summed E-state index contributed by atoms with van der Waals surface area (Å²) in [4.78, 5) is 9.96. The molecule has 0 bridgehead atoms. The fourth-order valence-corrected chi connectivity index (χ4v) is 0.576. The first kappa shape index (κ1) is 15.7. The van der Waals surface area contributed by atoms with Crippen LogP contribution >= 0.6 is 0 Å². The van der Waals surface area contributed by atoms with Crippen molar-refractivity contribution in [3.8, 4) is 0 Å². The summed E-state index contributed by atoms with van der Waals surface area (Å²) in [7, 11) is 0. The number of alkyl halides is 3. The van der Waals surface area contributed by atoms with Crippen LogP contribution in [0.2, 0.25) is 0 Å². The second kappa shape index (κ2) is 6.64. The fraction of sp³-hybridized carbons (Fsp3) is 0.833. The molecule has 0 heterocycles. The summed E-state index contributed by atoms with van der Waals surface area (Å²) in [5.41, 5.74) is -2.50. The molecule has 0 fully saturated rings. The van der Waals surface area contributed by atoms with Gasteiger partial charge >= 0.3 is 29.6 Å². The third-order valence-corrected chi connectivity index (χ3v) is 1.60. The number of carbonyl (C=O) groups is 1. The molecular formula is C6H8F3NaO3. The van der Waals surface area contributed by atoms with Gasteiger partial charge in [-0.05, 0) is 0 Å². The number of carboxylic acid groups (broad SMARTS) is 1. The molecule has 1 N–H and O–H groups in total. The first-order chi connectivity index (χ1) is 5.54. The number of aliphatic hydroxyl groups is 1. The first-order valence-corrected chi connectivity index (χ1v) is 3.11. The van der Waals surface area contributed by atoms with Gasteiger partial charge in [0.25, 0.3) is 0 Å². The molecule has 0 aromatic rings. The molecule has 0 aromatic carbocycles. The van der Waals surface area contributed by atoms with Gasteiger partial charge in [-0.15, -0.1) is 0 Å². The SMILES string of the molecule is O=C([O-])C(O)C(CF)(CF)CF.[Na+]. The molecule has 0 aliphatic rings. The Morgan fingerprint density at radius 3 is 1.69 bits per heavy atom. The van der Waals surface area contributed by atoms with Crippen molar-refractivity contribution in [2.75, 3.05) is 20.0 Å². The number of aliphatic carboxylic acids is 1. The third-order valence-electron chi connectivity index (χ3n) is 1.60. The molecule has 0 spiro atoms. The zero-order valence-corrected chi connectivity index (χ0v) is 9.10. The molecule has 7 heteroatoms. The summed E-state index contributed by atoms with van der Waals surface area (Å²) in [6.45, 7) is -4.76. The van der Waals surface area contributed by atoms with E-state index in [0.717, 1.165) is 0 Å². The number of aliphatic hydroxyl groups excluding tert-OH is 1. The van der Waals surface area contributed by atoms with Crippen LogP contribution in [0.1, 0.15) is 0 Å². The Morgan fingerprint density at radius 1 is 1.31 bits per heavy atom. The zero-order valence-electron chi connectivity index (χ0n) is 7.10. The number of halogens is 3. The number of rotatable bonds is 5. The van der Waals surface area contributed by atoms with Crippen molar-refractivity contribution in [2.45, 2.75) is 6.10 Å². The molecule has 0 radical (unpaired) electrons. The minimum absolute atomic E-state index is 0. The van der Waals surface area contributed by atoms with Gasteiger partial charge in [-0.25, -0.2) is 0 Å². The van der Waals surface area contributed by atoms with Crippen molar-refractivity contribution in [1.82, 2.24) is 0 Å². The minimum Gasteiger partial charge on any atom is -0.547 e. The van der Waals surface area contributed by atoms with E-state index in [2.05, 4.69) is 0 Å². The Kier molecular flexibility index (Phi) is 8.01. The Bertz CT molecular complexity index is 155.